The first-order valence-corrected chi connectivity index (χ1v) is 40.3. The summed E-state index contributed by atoms with van der Waals surface area (Å²) in [5, 5.41) is 38.2. The summed E-state index contributed by atoms with van der Waals surface area (Å²) in [4.78, 5) is 169. The van der Waals surface area contributed by atoms with Crippen molar-refractivity contribution in [3.05, 3.63) is 35.2 Å². The van der Waals surface area contributed by atoms with Crippen LogP contribution >= 0.6 is 0 Å². The van der Waals surface area contributed by atoms with E-state index in [0.29, 0.717) is 24.2 Å². The number of carbonyl (C=O) groups is 11. The lowest BCUT2D eigenvalue weighted by atomic mass is 9.46. The molecule has 1 saturated heterocycles. The minimum Gasteiger partial charge on any atom is -0.390 e. The number of rotatable bonds is 15. The van der Waals surface area contributed by atoms with Gasteiger partial charge in [0.1, 0.15) is 66.0 Å². The van der Waals surface area contributed by atoms with Gasteiger partial charge in [-0.1, -0.05) is 140 Å². The predicted octanol–water partition coefficient (Wildman–Crippen LogP) is 7.49. The molecular formula is C84H138N12O14. The normalized spacial score (nSPS) is 31.6. The molecule has 1 aliphatic heterocycles. The first-order chi connectivity index (χ1) is 51.1. The Morgan fingerprint density at radius 2 is 1.09 bits per heavy atom. The molecule has 6 rings (SSSR count). The number of allylic oxidation sites excluding steroid dienone is 3. The molecule has 6 N–H and O–H groups in total. The van der Waals surface area contributed by atoms with Gasteiger partial charge in [0.25, 0.3) is 0 Å². The van der Waals surface area contributed by atoms with Crippen LogP contribution in [0.4, 0.5) is 0 Å². The van der Waals surface area contributed by atoms with Crippen LogP contribution in [0.1, 0.15) is 220 Å². The Bertz CT molecular complexity index is 3520. The van der Waals surface area contributed by atoms with E-state index < -0.39 is 161 Å². The number of hydrogen-bond donors (Lipinski definition) is 6. The molecule has 0 radical (unpaired) electrons. The van der Waals surface area contributed by atoms with E-state index in [-0.39, 0.29) is 66.6 Å². The average Bonchev–Trinajstić information content (AvgIpc) is 1.46. The van der Waals surface area contributed by atoms with Crippen LogP contribution in [0.15, 0.2) is 28.4 Å². The Kier molecular flexibility index (Phi) is 33.1. The van der Waals surface area contributed by atoms with Gasteiger partial charge in [0.15, 0.2) is 5.76 Å². The topological polar surface area (TPSA) is 325 Å². The molecule has 618 valence electrons. The van der Waals surface area contributed by atoms with Crippen LogP contribution in [0.2, 0.25) is 0 Å². The smallest absolute Gasteiger partial charge is 0.246 e. The minimum absolute atomic E-state index is 0.0229. The number of amides is 11. The van der Waals surface area contributed by atoms with E-state index in [1.54, 1.807) is 60.1 Å². The first-order valence-electron chi connectivity index (χ1n) is 40.3. The van der Waals surface area contributed by atoms with Gasteiger partial charge in [0.2, 0.25) is 65.0 Å². The van der Waals surface area contributed by atoms with Gasteiger partial charge in [0.05, 0.1) is 18.8 Å². The number of fused-ring (bicyclic) bond motifs is 6. The Balaban J connectivity index is 0.000000711. The summed E-state index contributed by atoms with van der Waals surface area (Å²) in [5.74, 6) is -4.07. The molecule has 110 heavy (non-hydrogen) atoms. The van der Waals surface area contributed by atoms with Crippen molar-refractivity contribution < 1.29 is 67.5 Å². The highest BCUT2D eigenvalue weighted by atomic mass is 16.5. The quantitative estimate of drug-likeness (QED) is 0.0732. The molecule has 0 spiro atoms. The number of aromatic nitrogens is 1. The molecule has 26 nitrogen and oxygen atoms in total. The van der Waals surface area contributed by atoms with Crippen molar-refractivity contribution in [3.63, 3.8) is 0 Å². The summed E-state index contributed by atoms with van der Waals surface area (Å²) in [6.07, 6.45) is 20.4. The number of nitrogens with one attached hydrogen (secondary N) is 4. The van der Waals surface area contributed by atoms with E-state index in [4.69, 9.17) is 10.9 Å². The molecule has 2 heterocycles. The summed E-state index contributed by atoms with van der Waals surface area (Å²) in [7, 11) is 9.92. The molecule has 18 unspecified atom stereocenters. The van der Waals surface area contributed by atoms with Crippen LogP contribution < -0.4 is 21.3 Å². The monoisotopic (exact) mass is 1540 g/mol. The van der Waals surface area contributed by atoms with E-state index >= 15 is 9.59 Å². The van der Waals surface area contributed by atoms with Crippen molar-refractivity contribution in [3.8, 4) is 12.3 Å². The fourth-order valence-electron chi connectivity index (χ4n) is 17.8. The highest BCUT2D eigenvalue weighted by Crippen LogP contribution is 2.67. The van der Waals surface area contributed by atoms with Crippen LogP contribution in [0.5, 0.6) is 0 Å². The third kappa shape index (κ3) is 21.2. The van der Waals surface area contributed by atoms with Crippen LogP contribution in [0.3, 0.4) is 0 Å². The zero-order valence-electron chi connectivity index (χ0n) is 71.3. The van der Waals surface area contributed by atoms with E-state index in [1.807, 2.05) is 67.7 Å². The molecule has 1 aromatic rings. The molecule has 5 aliphatic rings. The fourth-order valence-corrected chi connectivity index (χ4v) is 17.8. The summed E-state index contributed by atoms with van der Waals surface area (Å²) < 4.78 is 5.43. The number of aliphatic hydroxyl groups excluding tert-OH is 1. The Morgan fingerprint density at radius 1 is 0.591 bits per heavy atom. The van der Waals surface area contributed by atoms with Gasteiger partial charge in [0, 0.05) is 60.3 Å². The minimum atomic E-state index is -1.61. The lowest BCUT2D eigenvalue weighted by Gasteiger charge is -2.58. The number of nitrogens with zero attached hydrogens (tertiary/aromatic N) is 8. The average molecular weight is 1540 g/mol. The van der Waals surface area contributed by atoms with Crippen molar-refractivity contribution in [1.29, 1.82) is 0 Å². The molecular weight excluding hydrogens is 1400 g/mol. The molecule has 4 aliphatic carbocycles. The highest BCUT2D eigenvalue weighted by molar-refractivity contribution is 5.99. The number of terminal acetylenes is 1. The predicted molar refractivity (Wildman–Crippen MR) is 425 cm³/mol. The van der Waals surface area contributed by atoms with Crippen molar-refractivity contribution in [2.45, 2.75) is 287 Å². The molecule has 1 aromatic heterocycles. The van der Waals surface area contributed by atoms with Gasteiger partial charge in [-0.25, -0.2) is 0 Å². The van der Waals surface area contributed by atoms with Gasteiger partial charge in [-0.2, -0.15) is 0 Å². The SMILES string of the molecule is C#CC1(O)CCC2C3CCC4=Cc5oncc5CC4(C)C3CCC21C.CC=CCC(C)C(O)C1C(=O)NC(CC)C(=O)N(C)CC(=O)N(C)C(CC(C)C)C(=O)NC(C(C)C)C(=O)N(C)C(CC(C)C)C(=O)NC(C)C(=O)NC(C)C(=O)N(C)C(CC(C)C)C(=O)N(C)C(CC(C)C)C(=O)N(C)C(C(C)C)C(=O)N1C. The van der Waals surface area contributed by atoms with Crippen LogP contribution in [-0.4, -0.2) is 243 Å². The fraction of sp³-hybridized carbons (Fsp3) is 0.762. The number of carbonyl (C=O) groups excluding carboxylic acids is 11. The maximum absolute atomic E-state index is 15.1. The van der Waals surface area contributed by atoms with E-state index in [0.717, 1.165) is 54.1 Å². The number of hydrogen-bond acceptors (Lipinski definition) is 15. The summed E-state index contributed by atoms with van der Waals surface area (Å²) in [6.45, 7) is 34.0. The summed E-state index contributed by atoms with van der Waals surface area (Å²) in [6, 6.07) is -12.3. The van der Waals surface area contributed by atoms with Gasteiger partial charge in [-0.3, -0.25) is 52.7 Å². The van der Waals surface area contributed by atoms with E-state index in [2.05, 4.69) is 52.3 Å². The Labute approximate surface area is 656 Å². The van der Waals surface area contributed by atoms with Crippen molar-refractivity contribution >= 4 is 71.1 Å². The van der Waals surface area contributed by atoms with Gasteiger partial charge in [-0.05, 0) is 175 Å². The van der Waals surface area contributed by atoms with Crippen molar-refractivity contribution in [2.75, 3.05) is 55.9 Å². The second-order valence-corrected chi connectivity index (χ2v) is 35.5. The third-order valence-corrected chi connectivity index (χ3v) is 24.7. The van der Waals surface area contributed by atoms with Crippen LogP contribution in [0, 0.1) is 82.4 Å². The maximum Gasteiger partial charge on any atom is 0.246 e. The second-order valence-electron chi connectivity index (χ2n) is 35.5. The molecule has 11 amide bonds. The van der Waals surface area contributed by atoms with Gasteiger partial charge >= 0.3 is 0 Å². The number of likely N-dealkylation sites (N-methyl/N-ethyl adjacent to an activating group) is 7. The third-order valence-electron chi connectivity index (χ3n) is 24.7. The zero-order chi connectivity index (χ0) is 83.4. The molecule has 3 saturated carbocycles. The van der Waals surface area contributed by atoms with Gasteiger partial charge < -0.3 is 70.3 Å². The Hall–Kier alpha value is -7.66. The molecule has 18 atom stereocenters. The lowest BCUT2D eigenvalue weighted by molar-refractivity contribution is -0.157. The van der Waals surface area contributed by atoms with Crippen molar-refractivity contribution in [2.24, 2.45) is 70.0 Å². The number of aliphatic hydroxyl groups is 2. The molecule has 0 bridgehead atoms. The summed E-state index contributed by atoms with van der Waals surface area (Å²) in [5.41, 5.74) is 1.99. The summed E-state index contributed by atoms with van der Waals surface area (Å²) >= 11 is 0. The van der Waals surface area contributed by atoms with E-state index in [9.17, 15) is 53.4 Å². The second kappa shape index (κ2) is 39.2. The maximum atomic E-state index is 15.1. The Morgan fingerprint density at radius 3 is 1.62 bits per heavy atom. The van der Waals surface area contributed by atoms with Crippen LogP contribution in [0.25, 0.3) is 6.08 Å². The highest BCUT2D eigenvalue weighted by Gasteiger charge is 2.64. The zero-order valence-corrected chi connectivity index (χ0v) is 71.3. The lowest BCUT2D eigenvalue weighted by Crippen LogP contribution is -2.63. The van der Waals surface area contributed by atoms with E-state index in [1.165, 1.54) is 99.7 Å². The molecule has 0 aromatic carbocycles. The standard InChI is InChI=1S/C62H111N11O12.C22H27NO2/c1-25-27-28-40(15)52(75)51-56(79)65-43(26-2)58(81)67(18)33-48(74)68(19)44(29-34(3)4)55(78)66-49(38(11)12)61(84)69(20)45(30-35(5)6)54(77)63-41(16)53(76)64-42(17)57(80)70(21)46(31-36(7)8)59(82)71(22)47(32-37(9)10)60(83)72(23)50(39(13)14)62(85)73(51)24;1-4-22(24)10-8-18-16-6-5-15-11-19-14(13-23-25-19)12-20(15,2)17(16)7-9-21(18,22)3/h25,27,34-47,49-52,75H,26,28-33H2,1-24H3,(H,63,77)(H,64,76)(H,65,79)(H,66,78);1,11,13,16-18,24H,5-10,12H2,2-3H3. The first kappa shape index (κ1) is 92.9. The largest absolute Gasteiger partial charge is 0.390 e. The molecule has 26 heteroatoms. The van der Waals surface area contributed by atoms with Gasteiger partial charge in [-0.15, -0.1) is 6.42 Å². The van der Waals surface area contributed by atoms with Crippen LogP contribution in [-0.2, 0) is 59.2 Å². The van der Waals surface area contributed by atoms with Crippen molar-refractivity contribution in [1.82, 2.24) is 60.7 Å². The molecule has 4 fully saturated rings.